The standard InChI is InChI=1S/C32H24N4O2/c37-35-19-17-33-31(35)23-13-9-21(10-14-23)29-25-5-1-2-6-26(25)30(28-8-4-3-7-27(28)29)22-11-15-24(16-12-22)32-34-18-20-36(32)38/h1-16H,17-20H2. The summed E-state index contributed by atoms with van der Waals surface area (Å²) in [5.41, 5.74) is 6.20. The first-order valence-electron chi connectivity index (χ1n) is 12.8. The molecule has 6 heteroatoms. The van der Waals surface area contributed by atoms with Crippen LogP contribution < -0.4 is 0 Å². The van der Waals surface area contributed by atoms with Gasteiger partial charge in [-0.05, 0) is 60.7 Å². The molecule has 0 atom stereocenters. The highest BCUT2D eigenvalue weighted by atomic mass is 16.5. The Morgan fingerprint density at radius 3 is 1.50 bits per heavy atom. The van der Waals surface area contributed by atoms with E-state index in [0.29, 0.717) is 37.9 Å². The molecule has 184 valence electrons. The summed E-state index contributed by atoms with van der Waals surface area (Å²) in [5.74, 6) is 1.02. The largest absolute Gasteiger partial charge is 0.757 e. The van der Waals surface area contributed by atoms with Crippen molar-refractivity contribution in [3.63, 3.8) is 0 Å². The summed E-state index contributed by atoms with van der Waals surface area (Å²) in [7, 11) is 0. The lowest BCUT2D eigenvalue weighted by atomic mass is 9.85. The van der Waals surface area contributed by atoms with Crippen LogP contribution in [0.4, 0.5) is 0 Å². The van der Waals surface area contributed by atoms with Gasteiger partial charge in [0.2, 0.25) is 0 Å². The van der Waals surface area contributed by atoms with Crippen LogP contribution in [-0.2, 0) is 0 Å². The summed E-state index contributed by atoms with van der Waals surface area (Å²) in [4.78, 5) is 20.9. The van der Waals surface area contributed by atoms with E-state index in [9.17, 15) is 10.1 Å². The second-order valence-electron chi connectivity index (χ2n) is 9.61. The molecule has 0 spiro atoms. The van der Waals surface area contributed by atoms with Crippen molar-refractivity contribution in [1.29, 1.82) is 0 Å². The Morgan fingerprint density at radius 2 is 1.08 bits per heavy atom. The fourth-order valence-corrected chi connectivity index (χ4v) is 5.66. The van der Waals surface area contributed by atoms with Crippen molar-refractivity contribution >= 4 is 33.2 Å². The molecule has 0 fully saturated rings. The number of hydrogen-bond donors (Lipinski definition) is 0. The van der Waals surface area contributed by atoms with Crippen LogP contribution in [0.25, 0.3) is 43.8 Å². The Labute approximate surface area is 219 Å². The minimum atomic E-state index is 0.415. The van der Waals surface area contributed by atoms with Crippen LogP contribution in [0.2, 0.25) is 0 Å². The Balaban J connectivity index is 1.41. The Kier molecular flexibility index (Phi) is 5.34. The van der Waals surface area contributed by atoms with E-state index in [-0.39, 0.29) is 0 Å². The molecule has 0 aliphatic carbocycles. The molecule has 0 N–H and O–H groups in total. The van der Waals surface area contributed by atoms with Crippen molar-refractivity contribution in [2.24, 2.45) is 9.98 Å². The maximum Gasteiger partial charge on any atom is 0.363 e. The number of rotatable bonds is 4. The average molecular weight is 497 g/mol. The van der Waals surface area contributed by atoms with Crippen molar-refractivity contribution in [2.75, 3.05) is 26.2 Å². The molecule has 0 aromatic heterocycles. The number of nitroso groups, excluding NO2 is 1. The molecule has 2 aliphatic heterocycles. The summed E-state index contributed by atoms with van der Waals surface area (Å²) in [6.45, 7) is 1.92. The number of nitrogens with zero attached hydrogens (tertiary/aromatic N) is 4. The van der Waals surface area contributed by atoms with Gasteiger partial charge in [-0.15, -0.1) is 0 Å². The van der Waals surface area contributed by atoms with Crippen molar-refractivity contribution in [3.8, 4) is 22.3 Å². The summed E-state index contributed by atoms with van der Waals surface area (Å²) in [6, 6.07) is 33.3. The number of hydroxylamine groups is 2. The quantitative estimate of drug-likeness (QED) is 0.213. The smallest absolute Gasteiger partial charge is 0.363 e. The van der Waals surface area contributed by atoms with Crippen LogP contribution in [0.1, 0.15) is 11.1 Å². The van der Waals surface area contributed by atoms with Crippen LogP contribution in [-0.4, -0.2) is 47.7 Å². The summed E-state index contributed by atoms with van der Waals surface area (Å²) in [6.07, 6.45) is 0. The minimum absolute atomic E-state index is 0.415. The van der Waals surface area contributed by atoms with Crippen LogP contribution in [0, 0.1) is 10.1 Å². The number of aliphatic imine (C=N–C) groups is 2. The lowest BCUT2D eigenvalue weighted by Gasteiger charge is -2.25. The van der Waals surface area contributed by atoms with Crippen molar-refractivity contribution in [1.82, 2.24) is 5.06 Å². The summed E-state index contributed by atoms with van der Waals surface area (Å²) in [5, 5.41) is 17.7. The van der Waals surface area contributed by atoms with Gasteiger partial charge in [0, 0.05) is 12.1 Å². The Bertz CT molecular complexity index is 1730. The molecule has 0 saturated heterocycles. The predicted octanol–water partition coefficient (Wildman–Crippen LogP) is 6.43. The van der Waals surface area contributed by atoms with E-state index in [1.807, 2.05) is 24.3 Å². The Morgan fingerprint density at radius 1 is 0.605 bits per heavy atom. The number of amidine groups is 2. The highest BCUT2D eigenvalue weighted by Crippen LogP contribution is 2.43. The Hall–Kier alpha value is -4.68. The van der Waals surface area contributed by atoms with Crippen molar-refractivity contribution in [3.05, 3.63) is 118 Å². The average Bonchev–Trinajstić information content (AvgIpc) is 3.59. The SMILES string of the molecule is O=[N+]1CCN=C1c1ccc(-c2c3ccccc3c(-c3ccc(C4=NCCN4[O-])cc3)c3ccccc23)cc1. The highest BCUT2D eigenvalue weighted by molar-refractivity contribution is 6.21. The first kappa shape index (κ1) is 22.5. The van der Waals surface area contributed by atoms with Crippen molar-refractivity contribution < 1.29 is 4.76 Å². The zero-order chi connectivity index (χ0) is 25.6. The van der Waals surface area contributed by atoms with Gasteiger partial charge in [-0.25, -0.2) is 0 Å². The molecule has 2 aliphatic rings. The molecular formula is C32H24N4O2. The third-order valence-electron chi connectivity index (χ3n) is 7.40. The summed E-state index contributed by atoms with van der Waals surface area (Å²) >= 11 is 0. The fraction of sp³-hybridized carbons (Fsp3) is 0.125. The molecular weight excluding hydrogens is 472 g/mol. The maximum atomic E-state index is 12.1. The first-order chi connectivity index (χ1) is 18.7. The van der Waals surface area contributed by atoms with Gasteiger partial charge < -0.3 is 10.3 Å². The lowest BCUT2D eigenvalue weighted by Crippen LogP contribution is -2.21. The molecule has 0 amide bonds. The van der Waals surface area contributed by atoms with Crippen LogP contribution >= 0.6 is 0 Å². The van der Waals surface area contributed by atoms with Gasteiger partial charge in [-0.2, -0.15) is 0 Å². The second-order valence-corrected chi connectivity index (χ2v) is 9.61. The number of benzene rings is 5. The van der Waals surface area contributed by atoms with Crippen LogP contribution in [0.15, 0.2) is 107 Å². The molecule has 2 heterocycles. The van der Waals surface area contributed by atoms with Crippen LogP contribution in [0.5, 0.6) is 0 Å². The number of hydrogen-bond acceptors (Lipinski definition) is 5. The normalized spacial score (nSPS) is 15.4. The molecule has 0 unspecified atom stereocenters. The zero-order valence-corrected chi connectivity index (χ0v) is 20.7. The highest BCUT2D eigenvalue weighted by Gasteiger charge is 2.27. The predicted molar refractivity (Wildman–Crippen MR) is 154 cm³/mol. The molecule has 5 aromatic rings. The first-order valence-corrected chi connectivity index (χ1v) is 12.8. The molecule has 0 saturated carbocycles. The summed E-state index contributed by atoms with van der Waals surface area (Å²) < 4.78 is 0.966. The van der Waals surface area contributed by atoms with E-state index >= 15 is 0 Å². The molecule has 0 bridgehead atoms. The van der Waals surface area contributed by atoms with Crippen molar-refractivity contribution in [2.45, 2.75) is 0 Å². The second kappa shape index (κ2) is 9.01. The third-order valence-corrected chi connectivity index (χ3v) is 7.40. The fourth-order valence-electron chi connectivity index (χ4n) is 5.66. The van der Waals surface area contributed by atoms with E-state index in [4.69, 9.17) is 0 Å². The minimum Gasteiger partial charge on any atom is -0.757 e. The van der Waals surface area contributed by atoms with E-state index in [0.717, 1.165) is 64.7 Å². The molecule has 38 heavy (non-hydrogen) atoms. The monoisotopic (exact) mass is 496 g/mol. The molecule has 5 aromatic carbocycles. The van der Waals surface area contributed by atoms with Gasteiger partial charge in [0.1, 0.15) is 5.84 Å². The zero-order valence-electron chi connectivity index (χ0n) is 20.7. The lowest BCUT2D eigenvalue weighted by molar-refractivity contribution is -0.416. The van der Waals surface area contributed by atoms with Gasteiger partial charge in [0.25, 0.3) is 0 Å². The third kappa shape index (κ3) is 3.61. The topological polar surface area (TPSA) is 71.1 Å². The van der Waals surface area contributed by atoms with E-state index < -0.39 is 0 Å². The molecule has 0 radical (unpaired) electrons. The molecule has 6 nitrogen and oxygen atoms in total. The molecule has 7 rings (SSSR count). The van der Waals surface area contributed by atoms with E-state index in [1.165, 1.54) is 0 Å². The van der Waals surface area contributed by atoms with Crippen LogP contribution in [0.3, 0.4) is 0 Å². The number of fused-ring (bicyclic) bond motifs is 2. The van der Waals surface area contributed by atoms with Gasteiger partial charge in [0.05, 0.1) is 12.1 Å². The van der Waals surface area contributed by atoms with Gasteiger partial charge in [-0.3, -0.25) is 4.99 Å². The van der Waals surface area contributed by atoms with E-state index in [2.05, 4.69) is 82.8 Å². The van der Waals surface area contributed by atoms with E-state index in [1.54, 1.807) is 0 Å². The van der Waals surface area contributed by atoms with Gasteiger partial charge in [-0.1, -0.05) is 94.8 Å². The van der Waals surface area contributed by atoms with Gasteiger partial charge >= 0.3 is 5.84 Å². The van der Waals surface area contributed by atoms with Gasteiger partial charge in [0.15, 0.2) is 13.1 Å². The maximum absolute atomic E-state index is 12.1.